The molecule has 3 aromatic rings. The van der Waals surface area contributed by atoms with E-state index in [9.17, 15) is 8.78 Å². The zero-order valence-corrected chi connectivity index (χ0v) is 23.0. The van der Waals surface area contributed by atoms with Gasteiger partial charge in [-0.05, 0) is 28.9 Å². The largest absolute Gasteiger partial charge is 0.402 e. The van der Waals surface area contributed by atoms with E-state index in [1.165, 1.54) is 18.2 Å². The van der Waals surface area contributed by atoms with E-state index in [0.29, 0.717) is 22.8 Å². The average Bonchev–Trinajstić information content (AvgIpc) is 3.03. The molecule has 1 aromatic carbocycles. The number of fused-ring (bicyclic) bond motifs is 3. The van der Waals surface area contributed by atoms with Crippen LogP contribution >= 0.6 is 11.6 Å². The van der Waals surface area contributed by atoms with Crippen molar-refractivity contribution in [1.29, 1.82) is 0 Å². The molecule has 1 fully saturated rings. The number of nitrogens with zero attached hydrogens (tertiary/aromatic N) is 4. The van der Waals surface area contributed by atoms with Gasteiger partial charge in [0.25, 0.3) is 0 Å². The van der Waals surface area contributed by atoms with E-state index in [0.717, 1.165) is 0 Å². The molecule has 180 valence electrons. The molecule has 0 bridgehead atoms. The Morgan fingerprint density at radius 1 is 0.946 bits per heavy atom. The second-order valence-electron chi connectivity index (χ2n) is 11.6. The highest BCUT2D eigenvalue weighted by Gasteiger charge is 2.59. The Hall–Kier alpha value is -2.52. The number of hydrogen-bond acceptors (Lipinski definition) is 6. The van der Waals surface area contributed by atoms with Crippen LogP contribution in [0.1, 0.15) is 5.56 Å². The number of H-pyrrole nitrogens is 1. The number of rotatable bonds is 2. The van der Waals surface area contributed by atoms with Crippen LogP contribution in [-0.2, 0) is 4.74 Å². The first kappa shape index (κ1) is 26.1. The summed E-state index contributed by atoms with van der Waals surface area (Å²) < 4.78 is 36.1. The van der Waals surface area contributed by atoms with Crippen LogP contribution in [-0.4, -0.2) is 105 Å². The van der Waals surface area contributed by atoms with Crippen LogP contribution < -0.4 is 10.2 Å². The quantitative estimate of drug-likeness (QED) is 0.339. The van der Waals surface area contributed by atoms with E-state index in [4.69, 9.17) is 21.3 Å². The van der Waals surface area contributed by atoms with Gasteiger partial charge in [-0.15, -0.1) is 0 Å². The SMILES string of the molecule is BC1(B)OC(B)(B)C(B)(B)N(c2cc3c(cn2)NC(c2c(F)cccc2F)=Nc2c(Cl)n[nH]c2-3)C1(B)B. The number of hydrogen-bond donors (Lipinski definition) is 2. The summed E-state index contributed by atoms with van der Waals surface area (Å²) in [4.78, 5) is 11.6. The molecule has 0 amide bonds. The van der Waals surface area contributed by atoms with Gasteiger partial charge in [0.05, 0.1) is 23.1 Å². The van der Waals surface area contributed by atoms with E-state index in [1.807, 2.05) is 6.07 Å². The number of amidine groups is 1. The molecule has 2 aromatic heterocycles. The van der Waals surface area contributed by atoms with Crippen LogP contribution in [0.3, 0.4) is 0 Å². The van der Waals surface area contributed by atoms with E-state index in [1.54, 1.807) is 6.20 Å². The predicted molar refractivity (Wildman–Crippen MR) is 166 cm³/mol. The molecule has 7 nitrogen and oxygen atoms in total. The summed E-state index contributed by atoms with van der Waals surface area (Å²) in [5, 5.41) is 8.28. The normalized spacial score (nSPS) is 20.6. The number of morpholine rings is 1. The molecule has 0 aliphatic carbocycles. The van der Waals surface area contributed by atoms with Crippen molar-refractivity contribution in [3.63, 3.8) is 0 Å². The number of anilines is 2. The number of nitrogens with one attached hydrogen (secondary N) is 2. The number of benzene rings is 1. The Morgan fingerprint density at radius 2 is 1.54 bits per heavy atom. The minimum absolute atomic E-state index is 0.0252. The van der Waals surface area contributed by atoms with Gasteiger partial charge in [0.2, 0.25) is 0 Å². The summed E-state index contributed by atoms with van der Waals surface area (Å²) in [6, 6.07) is 5.59. The van der Waals surface area contributed by atoms with Gasteiger partial charge in [0.15, 0.2) is 5.15 Å². The molecule has 2 aliphatic rings. The second-order valence-corrected chi connectivity index (χ2v) is 11.9. The number of aromatic nitrogens is 3. The molecule has 4 heterocycles. The first-order chi connectivity index (χ1) is 17.1. The molecule has 0 spiro atoms. The van der Waals surface area contributed by atoms with Gasteiger partial charge in [-0.1, -0.05) is 17.7 Å². The Bertz CT molecular complexity index is 1420. The molecule has 0 unspecified atom stereocenters. The lowest BCUT2D eigenvalue weighted by Crippen LogP contribution is -2.86. The molecule has 0 atom stereocenters. The fraction of sp³-hybridized carbons (Fsp3) is 0.211. The van der Waals surface area contributed by atoms with Gasteiger partial charge in [-0.2, -0.15) is 5.10 Å². The van der Waals surface area contributed by atoms with E-state index >= 15 is 0 Å². The monoisotopic (exact) mass is 512 g/mol. The molecule has 2 N–H and O–H groups in total. The number of halogens is 3. The first-order valence-electron chi connectivity index (χ1n) is 12.1. The van der Waals surface area contributed by atoms with Crippen molar-refractivity contribution in [2.45, 2.75) is 21.5 Å². The smallest absolute Gasteiger partial charge is 0.177 e. The topological polar surface area (TPSA) is 78.4 Å². The summed E-state index contributed by atoms with van der Waals surface area (Å²) in [7, 11) is 16.9. The van der Waals surface area contributed by atoms with Gasteiger partial charge >= 0.3 is 0 Å². The molecule has 0 saturated carbocycles. The highest BCUT2D eigenvalue weighted by atomic mass is 35.5. The van der Waals surface area contributed by atoms with Crippen molar-refractivity contribution in [1.82, 2.24) is 15.2 Å². The third kappa shape index (κ3) is 3.80. The summed E-state index contributed by atoms with van der Waals surface area (Å²) >= 11 is 6.38. The Balaban J connectivity index is 1.71. The summed E-state index contributed by atoms with van der Waals surface area (Å²) in [6.07, 6.45) is 1.64. The maximum absolute atomic E-state index is 14.7. The summed E-state index contributed by atoms with van der Waals surface area (Å²) in [5.41, 5.74) is 1.69. The lowest BCUT2D eigenvalue weighted by molar-refractivity contribution is -0.0256. The average molecular weight is 511 g/mol. The number of ether oxygens (including phenoxy) is 1. The van der Waals surface area contributed by atoms with Gasteiger partial charge in [-0.3, -0.25) is 5.10 Å². The number of aliphatic imine (C=N–C) groups is 1. The van der Waals surface area contributed by atoms with Crippen LogP contribution in [0, 0.1) is 11.6 Å². The molecule has 18 heteroatoms. The number of aromatic amines is 1. The van der Waals surface area contributed by atoms with Crippen LogP contribution in [0.2, 0.25) is 5.15 Å². The number of pyridine rings is 1. The van der Waals surface area contributed by atoms with Gasteiger partial charge in [0.1, 0.15) is 91.7 Å². The lowest BCUT2D eigenvalue weighted by Gasteiger charge is -2.69. The van der Waals surface area contributed by atoms with Crippen LogP contribution in [0.25, 0.3) is 11.3 Å². The van der Waals surface area contributed by atoms with Gasteiger partial charge < -0.3 is 15.0 Å². The van der Waals surface area contributed by atoms with E-state index in [-0.39, 0.29) is 22.2 Å². The molecule has 5 rings (SSSR count). The Morgan fingerprint density at radius 3 is 2.14 bits per heavy atom. The zero-order valence-electron chi connectivity index (χ0n) is 22.2. The third-order valence-electron chi connectivity index (χ3n) is 8.34. The summed E-state index contributed by atoms with van der Waals surface area (Å²) in [6.45, 7) is 0. The molecule has 2 aliphatic heterocycles. The standard InChI is InChI=1S/C19H23B8ClF2N6O/c20-16(21)18(24,25)37-19(26,27)17(22,23)36(16)10-4-6-9(5-31-10)32-15(11-7(29)2-1-3-8(11)30)33-13-12(6)34-35-14(13)28/h1-5H,20-27H2,(H,32,33)(H,34,35). The molecule has 0 radical (unpaired) electrons. The van der Waals surface area contributed by atoms with Crippen LogP contribution in [0.5, 0.6) is 0 Å². The molecular weight excluding hydrogens is 488 g/mol. The maximum Gasteiger partial charge on any atom is 0.177 e. The highest BCUT2D eigenvalue weighted by Crippen LogP contribution is 2.46. The van der Waals surface area contributed by atoms with Crippen LogP contribution in [0.4, 0.5) is 26.0 Å². The van der Waals surface area contributed by atoms with E-state index in [2.05, 4.69) is 88.2 Å². The first-order valence-corrected chi connectivity index (χ1v) is 12.5. The molecule has 37 heavy (non-hydrogen) atoms. The van der Waals surface area contributed by atoms with E-state index < -0.39 is 33.1 Å². The zero-order chi connectivity index (χ0) is 27.1. The molecule has 1 saturated heterocycles. The Labute approximate surface area is 226 Å². The maximum atomic E-state index is 14.7. The van der Waals surface area contributed by atoms with Crippen molar-refractivity contribution in [2.75, 3.05) is 10.2 Å². The van der Waals surface area contributed by atoms with Crippen molar-refractivity contribution in [3.8, 4) is 11.3 Å². The minimum atomic E-state index is -0.748. The predicted octanol–water partition coefficient (Wildman–Crippen LogP) is -4.58. The van der Waals surface area contributed by atoms with Crippen molar-refractivity contribution in [2.24, 2.45) is 4.99 Å². The fourth-order valence-corrected chi connectivity index (χ4v) is 5.46. The van der Waals surface area contributed by atoms with Crippen LogP contribution in [0.15, 0.2) is 35.5 Å². The van der Waals surface area contributed by atoms with Gasteiger partial charge in [-0.25, -0.2) is 18.8 Å². The summed E-state index contributed by atoms with van der Waals surface area (Å²) in [5.74, 6) is -0.816. The van der Waals surface area contributed by atoms with Crippen molar-refractivity contribution in [3.05, 3.63) is 52.8 Å². The Kier molecular flexibility index (Phi) is 5.81. The third-order valence-corrected chi connectivity index (χ3v) is 8.60. The minimum Gasteiger partial charge on any atom is -0.402 e. The molecular formula is C19H23B8ClF2N6O. The van der Waals surface area contributed by atoms with Crippen molar-refractivity contribution >= 4 is 97.4 Å². The van der Waals surface area contributed by atoms with Crippen molar-refractivity contribution < 1.29 is 13.5 Å². The highest BCUT2D eigenvalue weighted by molar-refractivity contribution is 6.61. The lowest BCUT2D eigenvalue weighted by atomic mass is 9.30. The van der Waals surface area contributed by atoms with Gasteiger partial charge in [0, 0.05) is 16.4 Å². The second kappa shape index (κ2) is 8.24. The fourth-order valence-electron chi connectivity index (χ4n) is 5.28.